The summed E-state index contributed by atoms with van der Waals surface area (Å²) in [6.07, 6.45) is 1.13. The Morgan fingerprint density at radius 3 is 2.75 bits per heavy atom. The van der Waals surface area contributed by atoms with E-state index in [-0.39, 0.29) is 17.7 Å². The van der Waals surface area contributed by atoms with Crippen molar-refractivity contribution < 1.29 is 14.3 Å². The van der Waals surface area contributed by atoms with Crippen molar-refractivity contribution in [2.75, 3.05) is 36.5 Å². The van der Waals surface area contributed by atoms with Crippen molar-refractivity contribution in [1.82, 2.24) is 14.9 Å². The number of carbonyl (C=O) groups is 2. The van der Waals surface area contributed by atoms with Crippen LogP contribution in [0.2, 0.25) is 5.28 Å². The molecule has 1 unspecified atom stereocenters. The summed E-state index contributed by atoms with van der Waals surface area (Å²) in [5.41, 5.74) is 0.0425. The summed E-state index contributed by atoms with van der Waals surface area (Å²) in [4.78, 5) is 38.1. The summed E-state index contributed by atoms with van der Waals surface area (Å²) in [5.74, 6) is 0.507. The zero-order valence-corrected chi connectivity index (χ0v) is 14.9. The Bertz CT molecular complexity index is 690. The Labute approximate surface area is 145 Å². The molecule has 2 aliphatic heterocycles. The second-order valence-corrected chi connectivity index (χ2v) is 7.22. The largest absolute Gasteiger partial charge is 0.444 e. The third-order valence-corrected chi connectivity index (χ3v) is 4.18. The SMILES string of the molecule is CN1C(=O)C2CN(C(=O)OC(C)(C)C)CCN2c2nc(Cl)ncc21. The lowest BCUT2D eigenvalue weighted by Crippen LogP contribution is -2.63. The van der Waals surface area contributed by atoms with Crippen molar-refractivity contribution in [3.05, 3.63) is 11.5 Å². The van der Waals surface area contributed by atoms with Gasteiger partial charge in [-0.25, -0.2) is 9.78 Å². The minimum absolute atomic E-state index is 0.110. The predicted molar refractivity (Wildman–Crippen MR) is 89.4 cm³/mol. The van der Waals surface area contributed by atoms with Gasteiger partial charge >= 0.3 is 6.09 Å². The van der Waals surface area contributed by atoms with E-state index in [1.54, 1.807) is 18.1 Å². The van der Waals surface area contributed by atoms with Crippen LogP contribution in [0.5, 0.6) is 0 Å². The van der Waals surface area contributed by atoms with Crippen molar-refractivity contribution in [2.45, 2.75) is 32.4 Å². The molecule has 3 rings (SSSR count). The van der Waals surface area contributed by atoms with Crippen LogP contribution >= 0.6 is 11.6 Å². The molecule has 2 amide bonds. The number of hydrogen-bond acceptors (Lipinski definition) is 6. The maximum Gasteiger partial charge on any atom is 0.410 e. The van der Waals surface area contributed by atoms with E-state index in [2.05, 4.69) is 9.97 Å². The monoisotopic (exact) mass is 353 g/mol. The molecule has 1 atom stereocenters. The summed E-state index contributed by atoms with van der Waals surface area (Å²) in [6, 6.07) is -0.505. The van der Waals surface area contributed by atoms with Crippen molar-refractivity contribution in [1.29, 1.82) is 0 Å². The Kier molecular flexibility index (Phi) is 4.03. The number of piperazine rings is 1. The fourth-order valence-corrected chi connectivity index (χ4v) is 3.00. The molecule has 1 saturated heterocycles. The third kappa shape index (κ3) is 2.98. The van der Waals surface area contributed by atoms with E-state index in [1.807, 2.05) is 25.7 Å². The molecule has 0 radical (unpaired) electrons. The van der Waals surface area contributed by atoms with Crippen molar-refractivity contribution >= 4 is 35.1 Å². The highest BCUT2D eigenvalue weighted by Gasteiger charge is 2.43. The van der Waals surface area contributed by atoms with Gasteiger partial charge in [-0.1, -0.05) is 0 Å². The van der Waals surface area contributed by atoms with Crippen LogP contribution in [0.4, 0.5) is 16.3 Å². The number of fused-ring (bicyclic) bond motifs is 3. The number of hydrogen-bond donors (Lipinski definition) is 0. The summed E-state index contributed by atoms with van der Waals surface area (Å²) in [7, 11) is 1.67. The van der Waals surface area contributed by atoms with Crippen LogP contribution in [0.25, 0.3) is 0 Å². The zero-order chi connectivity index (χ0) is 17.6. The average molecular weight is 354 g/mol. The molecule has 0 saturated carbocycles. The second-order valence-electron chi connectivity index (χ2n) is 6.88. The number of anilines is 2. The summed E-state index contributed by atoms with van der Waals surface area (Å²) >= 11 is 5.91. The number of carbonyl (C=O) groups excluding carboxylic acids is 2. The number of ether oxygens (including phenoxy) is 1. The van der Waals surface area contributed by atoms with Crippen molar-refractivity contribution in [2.24, 2.45) is 0 Å². The normalized spacial score (nSPS) is 20.6. The Balaban J connectivity index is 1.85. The quantitative estimate of drug-likeness (QED) is 0.658. The van der Waals surface area contributed by atoms with Gasteiger partial charge in [0, 0.05) is 20.1 Å². The van der Waals surface area contributed by atoms with Gasteiger partial charge in [0.1, 0.15) is 17.3 Å². The lowest BCUT2D eigenvalue weighted by atomic mass is 10.1. The first-order valence-electron chi connectivity index (χ1n) is 7.72. The van der Waals surface area contributed by atoms with E-state index in [0.717, 1.165) is 0 Å². The predicted octanol–water partition coefficient (Wildman–Crippen LogP) is 1.53. The van der Waals surface area contributed by atoms with E-state index < -0.39 is 17.7 Å². The number of nitrogens with zero attached hydrogens (tertiary/aromatic N) is 5. The van der Waals surface area contributed by atoms with E-state index in [4.69, 9.17) is 16.3 Å². The van der Waals surface area contributed by atoms with Gasteiger partial charge in [0.05, 0.1) is 12.7 Å². The molecule has 9 heteroatoms. The van der Waals surface area contributed by atoms with E-state index >= 15 is 0 Å². The number of amides is 2. The number of rotatable bonds is 0. The molecule has 8 nitrogen and oxygen atoms in total. The molecular formula is C15H20ClN5O3. The highest BCUT2D eigenvalue weighted by atomic mass is 35.5. The first-order valence-corrected chi connectivity index (χ1v) is 8.10. The first-order chi connectivity index (χ1) is 11.2. The van der Waals surface area contributed by atoms with E-state index in [0.29, 0.717) is 24.6 Å². The molecule has 3 heterocycles. The van der Waals surface area contributed by atoms with Gasteiger partial charge in [-0.3, -0.25) is 4.79 Å². The van der Waals surface area contributed by atoms with Crippen LogP contribution in [0.1, 0.15) is 20.8 Å². The lowest BCUT2D eigenvalue weighted by molar-refractivity contribution is -0.120. The Morgan fingerprint density at radius 2 is 2.08 bits per heavy atom. The Hall–Kier alpha value is -2.09. The first kappa shape index (κ1) is 16.8. The van der Waals surface area contributed by atoms with Crippen LogP contribution in [0.15, 0.2) is 6.20 Å². The lowest BCUT2D eigenvalue weighted by Gasteiger charge is -2.46. The van der Waals surface area contributed by atoms with Crippen molar-refractivity contribution in [3.8, 4) is 0 Å². The molecule has 0 aliphatic carbocycles. The van der Waals surface area contributed by atoms with Gasteiger partial charge in [-0.15, -0.1) is 0 Å². The summed E-state index contributed by atoms with van der Waals surface area (Å²) in [6.45, 7) is 6.62. The van der Waals surface area contributed by atoms with Gasteiger partial charge in [0.25, 0.3) is 5.91 Å². The maximum absolute atomic E-state index is 12.7. The molecule has 130 valence electrons. The van der Waals surface area contributed by atoms with E-state index in [1.165, 1.54) is 4.90 Å². The Morgan fingerprint density at radius 1 is 1.38 bits per heavy atom. The van der Waals surface area contributed by atoms with Gasteiger partial charge in [0.15, 0.2) is 5.82 Å². The highest BCUT2D eigenvalue weighted by molar-refractivity contribution is 6.28. The number of aromatic nitrogens is 2. The molecule has 0 aromatic carbocycles. The van der Waals surface area contributed by atoms with E-state index in [9.17, 15) is 9.59 Å². The molecule has 0 N–H and O–H groups in total. The van der Waals surface area contributed by atoms with Gasteiger partial charge < -0.3 is 19.4 Å². The van der Waals surface area contributed by atoms with Crippen LogP contribution in [0.3, 0.4) is 0 Å². The summed E-state index contributed by atoms with van der Waals surface area (Å²) in [5, 5.41) is 0.129. The fraction of sp³-hybridized carbons (Fsp3) is 0.600. The number of likely N-dealkylation sites (N-methyl/N-ethyl adjacent to an activating group) is 1. The second kappa shape index (κ2) is 5.77. The van der Waals surface area contributed by atoms with Crippen LogP contribution in [-0.2, 0) is 9.53 Å². The fourth-order valence-electron chi connectivity index (χ4n) is 2.88. The van der Waals surface area contributed by atoms with Crippen LogP contribution in [0, 0.1) is 0 Å². The topological polar surface area (TPSA) is 78.9 Å². The standard InChI is InChI=1S/C15H20ClN5O3/c1-15(2,3)24-14(23)20-5-6-21-10(8-20)12(22)19(4)9-7-17-13(16)18-11(9)21/h7,10H,5-6,8H2,1-4H3. The molecule has 1 aromatic rings. The maximum atomic E-state index is 12.7. The molecular weight excluding hydrogens is 334 g/mol. The third-order valence-electron chi connectivity index (χ3n) is 4.00. The summed E-state index contributed by atoms with van der Waals surface area (Å²) < 4.78 is 5.40. The van der Waals surface area contributed by atoms with Gasteiger partial charge in [-0.05, 0) is 32.4 Å². The molecule has 2 aliphatic rings. The molecule has 0 bridgehead atoms. The van der Waals surface area contributed by atoms with Gasteiger partial charge in [0.2, 0.25) is 5.28 Å². The minimum atomic E-state index is -0.574. The average Bonchev–Trinajstić information content (AvgIpc) is 2.50. The zero-order valence-electron chi connectivity index (χ0n) is 14.1. The number of halogens is 1. The van der Waals surface area contributed by atoms with Crippen LogP contribution in [-0.4, -0.2) is 65.2 Å². The minimum Gasteiger partial charge on any atom is -0.444 e. The van der Waals surface area contributed by atoms with Crippen molar-refractivity contribution in [3.63, 3.8) is 0 Å². The van der Waals surface area contributed by atoms with Crippen LogP contribution < -0.4 is 9.80 Å². The van der Waals surface area contributed by atoms with Gasteiger partial charge in [-0.2, -0.15) is 4.98 Å². The smallest absolute Gasteiger partial charge is 0.410 e. The molecule has 24 heavy (non-hydrogen) atoms. The molecule has 0 spiro atoms. The molecule has 1 fully saturated rings. The molecule has 1 aromatic heterocycles. The highest BCUT2D eigenvalue weighted by Crippen LogP contribution is 2.35.